The summed E-state index contributed by atoms with van der Waals surface area (Å²) in [5.41, 5.74) is 0.755. The molecule has 0 atom stereocenters. The van der Waals surface area contributed by atoms with Gasteiger partial charge in [-0.3, -0.25) is 19.7 Å². The summed E-state index contributed by atoms with van der Waals surface area (Å²) in [7, 11) is 1.17. The number of nitro groups is 1. The number of ether oxygens (including phenoxy) is 1. The van der Waals surface area contributed by atoms with Gasteiger partial charge in [0.15, 0.2) is 0 Å². The van der Waals surface area contributed by atoms with Crippen molar-refractivity contribution in [3.8, 4) is 0 Å². The summed E-state index contributed by atoms with van der Waals surface area (Å²) in [5, 5.41) is 10.9. The molecular weight excluding hydrogens is 343 g/mol. The topological polar surface area (TPSA) is 89.8 Å². The van der Waals surface area contributed by atoms with Crippen LogP contribution in [0.4, 0.5) is 10.1 Å². The molecule has 0 unspecified atom stereocenters. The van der Waals surface area contributed by atoms with Gasteiger partial charge in [0.25, 0.3) is 11.6 Å². The van der Waals surface area contributed by atoms with Crippen molar-refractivity contribution in [2.24, 2.45) is 0 Å². The molecular formula is C18H17FN2O5. The quantitative estimate of drug-likeness (QED) is 0.449. The first kappa shape index (κ1) is 19.0. The molecule has 0 spiro atoms. The number of nitrogens with zero attached hydrogens (tertiary/aromatic N) is 2. The van der Waals surface area contributed by atoms with Gasteiger partial charge in [0, 0.05) is 18.7 Å². The summed E-state index contributed by atoms with van der Waals surface area (Å²) < 4.78 is 18.7. The van der Waals surface area contributed by atoms with Crippen LogP contribution in [0.3, 0.4) is 0 Å². The van der Waals surface area contributed by atoms with Crippen LogP contribution in [-0.4, -0.2) is 35.4 Å². The highest BCUT2D eigenvalue weighted by Crippen LogP contribution is 2.20. The molecule has 1 amide bonds. The fourth-order valence-corrected chi connectivity index (χ4v) is 2.37. The van der Waals surface area contributed by atoms with Gasteiger partial charge in [0.2, 0.25) is 0 Å². The zero-order valence-electron chi connectivity index (χ0n) is 14.3. The lowest BCUT2D eigenvalue weighted by atomic mass is 10.1. The van der Waals surface area contributed by atoms with Crippen LogP contribution in [0.2, 0.25) is 0 Å². The molecule has 2 aromatic rings. The highest BCUT2D eigenvalue weighted by atomic mass is 19.1. The van der Waals surface area contributed by atoms with Gasteiger partial charge in [-0.25, -0.2) is 4.39 Å². The molecule has 2 rings (SSSR count). The molecule has 0 heterocycles. The van der Waals surface area contributed by atoms with Crippen molar-refractivity contribution in [1.82, 2.24) is 4.90 Å². The van der Waals surface area contributed by atoms with Crippen molar-refractivity contribution < 1.29 is 23.6 Å². The molecule has 0 saturated heterocycles. The lowest BCUT2D eigenvalue weighted by molar-refractivity contribution is -0.384. The molecule has 26 heavy (non-hydrogen) atoms. The first-order valence-corrected chi connectivity index (χ1v) is 7.68. The minimum Gasteiger partial charge on any atom is -0.468 e. The number of rotatable bonds is 6. The highest BCUT2D eigenvalue weighted by molar-refractivity contribution is 5.96. The molecule has 0 fully saturated rings. The van der Waals surface area contributed by atoms with Crippen molar-refractivity contribution in [2.75, 3.05) is 13.7 Å². The smallest absolute Gasteiger partial charge is 0.325 e. The number of benzene rings is 2. The Bertz CT molecular complexity index is 853. The zero-order chi connectivity index (χ0) is 19.3. The Kier molecular flexibility index (Phi) is 6.00. The van der Waals surface area contributed by atoms with E-state index < -0.39 is 40.4 Å². The minimum absolute atomic E-state index is 0.0305. The number of carbonyl (C=O) groups is 2. The van der Waals surface area contributed by atoms with Crippen molar-refractivity contribution in [3.63, 3.8) is 0 Å². The van der Waals surface area contributed by atoms with E-state index in [1.165, 1.54) is 7.11 Å². The van der Waals surface area contributed by atoms with E-state index in [2.05, 4.69) is 4.74 Å². The summed E-state index contributed by atoms with van der Waals surface area (Å²) in [6.07, 6.45) is 0. The fourth-order valence-electron chi connectivity index (χ4n) is 2.37. The van der Waals surface area contributed by atoms with Gasteiger partial charge in [-0.2, -0.15) is 0 Å². The van der Waals surface area contributed by atoms with Crippen molar-refractivity contribution in [1.29, 1.82) is 0 Å². The fraction of sp³-hybridized carbons (Fsp3) is 0.222. The van der Waals surface area contributed by atoms with E-state index in [1.807, 2.05) is 19.1 Å². The summed E-state index contributed by atoms with van der Waals surface area (Å²) in [5.74, 6) is -2.42. The Balaban J connectivity index is 2.40. The van der Waals surface area contributed by atoms with E-state index in [0.29, 0.717) is 0 Å². The number of hydrogen-bond donors (Lipinski definition) is 0. The number of carbonyl (C=O) groups excluding carboxylic acids is 2. The summed E-state index contributed by atoms with van der Waals surface area (Å²) >= 11 is 0. The first-order valence-electron chi connectivity index (χ1n) is 7.68. The van der Waals surface area contributed by atoms with E-state index in [4.69, 9.17) is 0 Å². The second kappa shape index (κ2) is 8.19. The van der Waals surface area contributed by atoms with Gasteiger partial charge in [0.1, 0.15) is 12.4 Å². The van der Waals surface area contributed by atoms with E-state index >= 15 is 0 Å². The van der Waals surface area contributed by atoms with Crippen LogP contribution < -0.4 is 0 Å². The Labute approximate surface area is 149 Å². The van der Waals surface area contributed by atoms with Gasteiger partial charge in [-0.15, -0.1) is 0 Å². The van der Waals surface area contributed by atoms with Crippen LogP contribution in [0, 0.1) is 22.9 Å². The van der Waals surface area contributed by atoms with E-state index in [9.17, 15) is 24.1 Å². The van der Waals surface area contributed by atoms with Crippen LogP contribution in [0.5, 0.6) is 0 Å². The maximum atomic E-state index is 14.1. The second-order valence-electron chi connectivity index (χ2n) is 5.59. The monoisotopic (exact) mass is 360 g/mol. The third kappa shape index (κ3) is 4.41. The number of halogens is 1. The Morgan fingerprint density at radius 2 is 1.92 bits per heavy atom. The Morgan fingerprint density at radius 3 is 2.54 bits per heavy atom. The van der Waals surface area contributed by atoms with Crippen molar-refractivity contribution in [2.45, 2.75) is 13.5 Å². The number of aryl methyl sites for hydroxylation is 1. The normalized spacial score (nSPS) is 10.3. The van der Waals surface area contributed by atoms with Crippen molar-refractivity contribution in [3.05, 3.63) is 75.1 Å². The molecule has 0 saturated carbocycles. The van der Waals surface area contributed by atoms with Crippen LogP contribution >= 0.6 is 0 Å². The van der Waals surface area contributed by atoms with Crippen LogP contribution in [0.25, 0.3) is 0 Å². The number of esters is 1. The van der Waals surface area contributed by atoms with Crippen LogP contribution in [0.1, 0.15) is 21.5 Å². The number of amides is 1. The average Bonchev–Trinajstić information content (AvgIpc) is 2.62. The lowest BCUT2D eigenvalue weighted by Crippen LogP contribution is -2.36. The average molecular weight is 360 g/mol. The zero-order valence-corrected chi connectivity index (χ0v) is 14.3. The molecule has 7 nitrogen and oxygen atoms in total. The maximum absolute atomic E-state index is 14.1. The standard InChI is InChI=1S/C18H17FN2O5/c1-12-5-3-4-6-13(12)10-20(11-17(22)26-2)18(23)15-9-14(21(24)25)7-8-16(15)19/h3-9H,10-11H2,1-2H3. The van der Waals surface area contributed by atoms with Crippen LogP contribution in [-0.2, 0) is 16.1 Å². The van der Waals surface area contributed by atoms with E-state index in [1.54, 1.807) is 12.1 Å². The number of hydrogen-bond acceptors (Lipinski definition) is 5. The molecule has 0 bridgehead atoms. The van der Waals surface area contributed by atoms with Crippen LogP contribution in [0.15, 0.2) is 42.5 Å². The lowest BCUT2D eigenvalue weighted by Gasteiger charge is -2.22. The second-order valence-corrected chi connectivity index (χ2v) is 5.59. The molecule has 2 aromatic carbocycles. The predicted octanol–water partition coefficient (Wildman–Crippen LogP) is 2.86. The maximum Gasteiger partial charge on any atom is 0.325 e. The molecule has 0 N–H and O–H groups in total. The van der Waals surface area contributed by atoms with Gasteiger partial charge in [0.05, 0.1) is 17.6 Å². The summed E-state index contributed by atoms with van der Waals surface area (Å²) in [6.45, 7) is 1.46. The third-order valence-corrected chi connectivity index (χ3v) is 3.85. The van der Waals surface area contributed by atoms with Gasteiger partial charge in [-0.1, -0.05) is 24.3 Å². The number of non-ortho nitro benzene ring substituents is 1. The summed E-state index contributed by atoms with van der Waals surface area (Å²) in [6, 6.07) is 9.90. The predicted molar refractivity (Wildman–Crippen MR) is 91.0 cm³/mol. The molecule has 0 aromatic heterocycles. The molecule has 8 heteroatoms. The van der Waals surface area contributed by atoms with Gasteiger partial charge in [-0.05, 0) is 24.1 Å². The highest BCUT2D eigenvalue weighted by Gasteiger charge is 2.24. The van der Waals surface area contributed by atoms with Crippen molar-refractivity contribution >= 4 is 17.6 Å². The Hall–Kier alpha value is -3.29. The van der Waals surface area contributed by atoms with Gasteiger partial charge >= 0.3 is 5.97 Å². The first-order chi connectivity index (χ1) is 12.3. The number of nitro benzene ring substituents is 1. The SMILES string of the molecule is COC(=O)CN(Cc1ccccc1C)C(=O)c1cc([N+](=O)[O-])ccc1F. The minimum atomic E-state index is -0.903. The molecule has 0 radical (unpaired) electrons. The summed E-state index contributed by atoms with van der Waals surface area (Å²) in [4.78, 5) is 35.7. The molecule has 0 aliphatic heterocycles. The Morgan fingerprint density at radius 1 is 1.23 bits per heavy atom. The van der Waals surface area contributed by atoms with E-state index in [-0.39, 0.29) is 6.54 Å². The molecule has 0 aliphatic carbocycles. The molecule has 0 aliphatic rings. The van der Waals surface area contributed by atoms with E-state index in [0.717, 1.165) is 34.2 Å². The van der Waals surface area contributed by atoms with Gasteiger partial charge < -0.3 is 9.64 Å². The third-order valence-electron chi connectivity index (χ3n) is 3.85. The molecule has 136 valence electrons. The largest absolute Gasteiger partial charge is 0.468 e. The number of methoxy groups -OCH3 is 1.